The van der Waals surface area contributed by atoms with Crippen LogP contribution in [-0.2, 0) is 12.8 Å². The van der Waals surface area contributed by atoms with E-state index in [0.717, 1.165) is 29.9 Å². The summed E-state index contributed by atoms with van der Waals surface area (Å²) in [6.07, 6.45) is 3.29. The fourth-order valence-electron chi connectivity index (χ4n) is 4.32. The van der Waals surface area contributed by atoms with Crippen LogP contribution in [0.3, 0.4) is 0 Å². The number of fused-ring (bicyclic) bond motifs is 1. The van der Waals surface area contributed by atoms with Crippen molar-refractivity contribution in [3.8, 4) is 0 Å². The lowest BCUT2D eigenvalue weighted by molar-refractivity contribution is 0.310. The molecule has 0 N–H and O–H groups in total. The fourth-order valence-corrected chi connectivity index (χ4v) is 4.32. The number of rotatable bonds is 2. The van der Waals surface area contributed by atoms with E-state index >= 15 is 0 Å². The Kier molecular flexibility index (Phi) is 4.58. The fraction of sp³-hybridized carbons (Fsp3) is 0.500. The lowest BCUT2D eigenvalue weighted by Crippen LogP contribution is -2.25. The van der Waals surface area contributed by atoms with E-state index in [-0.39, 0.29) is 0 Å². The molecular formula is C24H32N2. The molecule has 0 amide bonds. The van der Waals surface area contributed by atoms with Crippen LogP contribution in [0.4, 0.5) is 0 Å². The van der Waals surface area contributed by atoms with Gasteiger partial charge in [0.25, 0.3) is 0 Å². The molecule has 0 atom stereocenters. The van der Waals surface area contributed by atoms with E-state index in [1.165, 1.54) is 51.1 Å². The van der Waals surface area contributed by atoms with Crippen molar-refractivity contribution in [2.24, 2.45) is 5.41 Å². The molecule has 2 nitrogen and oxygen atoms in total. The number of aryl methyl sites for hydroxylation is 2. The molecule has 1 aliphatic rings. The third kappa shape index (κ3) is 3.00. The number of hydrogen-bond acceptors (Lipinski definition) is 2. The average Bonchev–Trinajstić information content (AvgIpc) is 2.58. The van der Waals surface area contributed by atoms with Crippen molar-refractivity contribution in [1.29, 1.82) is 0 Å². The van der Waals surface area contributed by atoms with E-state index in [1.807, 2.05) is 0 Å². The van der Waals surface area contributed by atoms with Gasteiger partial charge in [0.2, 0.25) is 0 Å². The zero-order valence-corrected chi connectivity index (χ0v) is 17.7. The summed E-state index contributed by atoms with van der Waals surface area (Å²) in [5.74, 6) is 0.801. The maximum absolute atomic E-state index is 4.97. The molecule has 1 aromatic carbocycles. The van der Waals surface area contributed by atoms with E-state index in [0.29, 0.717) is 5.41 Å². The van der Waals surface area contributed by atoms with Crippen molar-refractivity contribution in [3.63, 3.8) is 0 Å². The van der Waals surface area contributed by atoms with Crippen LogP contribution in [0.15, 0.2) is 6.58 Å². The van der Waals surface area contributed by atoms with Crippen molar-refractivity contribution >= 4 is 5.57 Å². The van der Waals surface area contributed by atoms with Gasteiger partial charge in [-0.15, -0.1) is 0 Å². The molecule has 0 radical (unpaired) electrons. The van der Waals surface area contributed by atoms with Gasteiger partial charge < -0.3 is 0 Å². The van der Waals surface area contributed by atoms with Crippen molar-refractivity contribution in [1.82, 2.24) is 9.97 Å². The van der Waals surface area contributed by atoms with Crippen LogP contribution in [0, 0.1) is 47.0 Å². The largest absolute Gasteiger partial charge is 0.233 e. The highest BCUT2D eigenvalue weighted by molar-refractivity contribution is 5.80. The van der Waals surface area contributed by atoms with Gasteiger partial charge in [-0.05, 0) is 105 Å². The second-order valence-corrected chi connectivity index (χ2v) is 8.88. The zero-order valence-electron chi connectivity index (χ0n) is 17.7. The third-order valence-electron chi connectivity index (χ3n) is 6.57. The Morgan fingerprint density at radius 3 is 1.96 bits per heavy atom. The molecule has 3 rings (SSSR count). The van der Waals surface area contributed by atoms with Crippen LogP contribution in [-0.4, -0.2) is 9.97 Å². The lowest BCUT2D eigenvalue weighted by atomic mass is 9.75. The average molecular weight is 349 g/mol. The molecule has 1 aliphatic carbocycles. The van der Waals surface area contributed by atoms with Crippen LogP contribution in [0.1, 0.15) is 76.4 Å². The maximum Gasteiger partial charge on any atom is 0.159 e. The summed E-state index contributed by atoms with van der Waals surface area (Å²) in [5.41, 5.74) is 12.9. The zero-order chi connectivity index (χ0) is 19.4. The lowest BCUT2D eigenvalue weighted by Gasteiger charge is -2.31. The summed E-state index contributed by atoms with van der Waals surface area (Å²) in [6, 6.07) is 0. The Balaban J connectivity index is 2.12. The van der Waals surface area contributed by atoms with Crippen LogP contribution in [0.2, 0.25) is 0 Å². The van der Waals surface area contributed by atoms with E-state index in [1.54, 1.807) is 0 Å². The number of nitrogens with zero attached hydrogens (tertiary/aromatic N) is 2. The van der Waals surface area contributed by atoms with Gasteiger partial charge in [0.15, 0.2) is 5.82 Å². The first-order valence-corrected chi connectivity index (χ1v) is 9.66. The Hall–Kier alpha value is -1.96. The monoisotopic (exact) mass is 348 g/mol. The summed E-state index contributed by atoms with van der Waals surface area (Å²) in [6.45, 7) is 22.2. The highest BCUT2D eigenvalue weighted by Crippen LogP contribution is 2.37. The summed E-state index contributed by atoms with van der Waals surface area (Å²) in [5, 5.41) is 0. The third-order valence-corrected chi connectivity index (χ3v) is 6.57. The maximum atomic E-state index is 4.97. The molecular weight excluding hydrogens is 316 g/mol. The molecule has 138 valence electrons. The summed E-state index contributed by atoms with van der Waals surface area (Å²) in [7, 11) is 0. The number of aromatic nitrogens is 2. The second kappa shape index (κ2) is 6.33. The highest BCUT2D eigenvalue weighted by Gasteiger charge is 2.28. The molecule has 0 saturated heterocycles. The molecule has 0 spiro atoms. The molecule has 1 aromatic heterocycles. The van der Waals surface area contributed by atoms with E-state index in [4.69, 9.17) is 9.97 Å². The molecule has 0 aliphatic heterocycles. The van der Waals surface area contributed by atoms with Gasteiger partial charge >= 0.3 is 0 Å². The molecule has 0 bridgehead atoms. The minimum Gasteiger partial charge on any atom is -0.233 e. The van der Waals surface area contributed by atoms with Gasteiger partial charge in [-0.1, -0.05) is 20.4 Å². The van der Waals surface area contributed by atoms with E-state index in [9.17, 15) is 0 Å². The number of benzene rings is 1. The SMILES string of the molecule is C=C(c1nc(C)c2c(n1)CCC(C)(C)C2)c1c(C)c(C)c(C)c(C)c1C. The molecule has 26 heavy (non-hydrogen) atoms. The summed E-state index contributed by atoms with van der Waals surface area (Å²) >= 11 is 0. The van der Waals surface area contributed by atoms with Crippen molar-refractivity contribution in [2.75, 3.05) is 0 Å². The quantitative estimate of drug-likeness (QED) is 0.675. The van der Waals surface area contributed by atoms with Crippen molar-refractivity contribution in [2.45, 2.75) is 74.7 Å². The minimum absolute atomic E-state index is 0.345. The smallest absolute Gasteiger partial charge is 0.159 e. The first kappa shape index (κ1) is 18.8. The highest BCUT2D eigenvalue weighted by atomic mass is 14.9. The van der Waals surface area contributed by atoms with E-state index in [2.05, 4.69) is 62.0 Å². The predicted octanol–water partition coefficient (Wildman–Crippen LogP) is 5.90. The molecule has 0 unspecified atom stereocenters. The van der Waals surface area contributed by atoms with Gasteiger partial charge in [0, 0.05) is 17.0 Å². The first-order valence-electron chi connectivity index (χ1n) is 9.66. The van der Waals surface area contributed by atoms with Gasteiger partial charge in [0.1, 0.15) is 0 Å². The molecule has 0 fully saturated rings. The Morgan fingerprint density at radius 2 is 1.38 bits per heavy atom. The molecule has 2 aromatic rings. The van der Waals surface area contributed by atoms with Crippen LogP contribution in [0.25, 0.3) is 5.57 Å². The molecule has 0 saturated carbocycles. The summed E-state index contributed by atoms with van der Waals surface area (Å²) < 4.78 is 0. The van der Waals surface area contributed by atoms with Gasteiger partial charge in [-0.3, -0.25) is 0 Å². The molecule has 1 heterocycles. The Labute approximate surface area is 158 Å². The van der Waals surface area contributed by atoms with Gasteiger partial charge in [-0.2, -0.15) is 0 Å². The Morgan fingerprint density at radius 1 is 0.846 bits per heavy atom. The van der Waals surface area contributed by atoms with Crippen LogP contribution in [0.5, 0.6) is 0 Å². The Bertz CT molecular complexity index is 888. The predicted molar refractivity (Wildman–Crippen MR) is 111 cm³/mol. The topological polar surface area (TPSA) is 25.8 Å². The van der Waals surface area contributed by atoms with Crippen molar-refractivity contribution in [3.05, 3.63) is 62.7 Å². The standard InChI is InChI=1S/C24H32N2/c1-13-14(2)16(4)22(17(5)15(13)3)18(6)23-25-19(7)20-12-24(8,9)11-10-21(20)26-23/h6,10-12H2,1-5,7-9H3. The summed E-state index contributed by atoms with van der Waals surface area (Å²) in [4.78, 5) is 9.85. The molecule has 2 heteroatoms. The second-order valence-electron chi connectivity index (χ2n) is 8.88. The van der Waals surface area contributed by atoms with Gasteiger partial charge in [0.05, 0.1) is 0 Å². The van der Waals surface area contributed by atoms with E-state index < -0.39 is 0 Å². The van der Waals surface area contributed by atoms with Crippen molar-refractivity contribution < 1.29 is 0 Å². The normalized spacial score (nSPS) is 15.7. The minimum atomic E-state index is 0.345. The first-order chi connectivity index (χ1) is 12.0. The number of hydrogen-bond donors (Lipinski definition) is 0. The van der Waals surface area contributed by atoms with Crippen LogP contribution >= 0.6 is 0 Å². The van der Waals surface area contributed by atoms with Crippen LogP contribution < -0.4 is 0 Å². The van der Waals surface area contributed by atoms with Gasteiger partial charge in [-0.25, -0.2) is 9.97 Å².